The van der Waals surface area contributed by atoms with Gasteiger partial charge < -0.3 is 15.9 Å². The maximum atomic E-state index is 10.9. The average molecular weight is 237 g/mol. The normalized spacial score (nSPS) is 12.4. The molecule has 0 saturated heterocycles. The number of benzene rings is 1. The number of carboxylic acids is 1. The predicted octanol–water partition coefficient (Wildman–Crippen LogP) is 2.67. The van der Waals surface area contributed by atoms with Crippen molar-refractivity contribution in [3.63, 3.8) is 0 Å². The third-order valence-corrected chi connectivity index (χ3v) is 2.80. The van der Waals surface area contributed by atoms with Crippen LogP contribution in [0.1, 0.15) is 54.6 Å². The maximum Gasteiger partial charge on any atom is 0.339 e. The van der Waals surface area contributed by atoms with Crippen molar-refractivity contribution in [3.8, 4) is 5.75 Å². The summed E-state index contributed by atoms with van der Waals surface area (Å²) in [6.07, 6.45) is 4.11. The van der Waals surface area contributed by atoms with Crippen LogP contribution in [-0.4, -0.2) is 16.2 Å². The first kappa shape index (κ1) is 13.5. The molecular formula is C13H19NO3. The van der Waals surface area contributed by atoms with Crippen molar-refractivity contribution < 1.29 is 15.0 Å². The number of carboxylic acid groups (broad SMARTS) is 1. The minimum Gasteiger partial charge on any atom is -0.507 e. The Morgan fingerprint density at radius 1 is 1.41 bits per heavy atom. The van der Waals surface area contributed by atoms with Crippen molar-refractivity contribution in [1.29, 1.82) is 0 Å². The minimum absolute atomic E-state index is 0.0894. The molecule has 94 valence electrons. The highest BCUT2D eigenvalue weighted by molar-refractivity contribution is 5.90. The fraction of sp³-hybridized carbons (Fsp3) is 0.462. The van der Waals surface area contributed by atoms with Gasteiger partial charge in [-0.2, -0.15) is 0 Å². The number of aromatic hydroxyl groups is 1. The van der Waals surface area contributed by atoms with E-state index in [9.17, 15) is 9.90 Å². The van der Waals surface area contributed by atoms with Gasteiger partial charge in [0.05, 0.1) is 0 Å². The van der Waals surface area contributed by atoms with Crippen LogP contribution in [0, 0.1) is 0 Å². The zero-order chi connectivity index (χ0) is 12.8. The molecule has 0 unspecified atom stereocenters. The standard InChI is InChI=1S/C13H19NO3/c1-2-3-4-5-11(14)9-6-7-12(15)10(8-9)13(16)17/h6-8,11,15H,2-5,14H2,1H3,(H,16,17)/t11-/m1/s1. The van der Waals surface area contributed by atoms with Gasteiger partial charge in [-0.1, -0.05) is 32.3 Å². The van der Waals surface area contributed by atoms with E-state index in [0.717, 1.165) is 31.2 Å². The molecule has 0 aliphatic heterocycles. The van der Waals surface area contributed by atoms with Gasteiger partial charge in [0, 0.05) is 6.04 Å². The predicted molar refractivity (Wildman–Crippen MR) is 66.1 cm³/mol. The Kier molecular flexibility index (Phi) is 4.97. The van der Waals surface area contributed by atoms with Crippen molar-refractivity contribution in [3.05, 3.63) is 29.3 Å². The van der Waals surface area contributed by atoms with E-state index >= 15 is 0 Å². The molecule has 1 rings (SSSR count). The van der Waals surface area contributed by atoms with Crippen molar-refractivity contribution in [1.82, 2.24) is 0 Å². The Morgan fingerprint density at radius 3 is 2.71 bits per heavy atom. The van der Waals surface area contributed by atoms with Crippen LogP contribution >= 0.6 is 0 Å². The van der Waals surface area contributed by atoms with E-state index in [0.29, 0.717) is 0 Å². The smallest absolute Gasteiger partial charge is 0.339 e. The fourth-order valence-electron chi connectivity index (χ4n) is 1.74. The van der Waals surface area contributed by atoms with E-state index in [1.165, 1.54) is 12.1 Å². The molecule has 4 N–H and O–H groups in total. The second-order valence-corrected chi connectivity index (χ2v) is 4.18. The molecule has 0 bridgehead atoms. The topological polar surface area (TPSA) is 83.5 Å². The number of carbonyl (C=O) groups is 1. The van der Waals surface area contributed by atoms with E-state index in [-0.39, 0.29) is 17.4 Å². The van der Waals surface area contributed by atoms with Gasteiger partial charge in [-0.3, -0.25) is 0 Å². The van der Waals surface area contributed by atoms with Gasteiger partial charge in [-0.25, -0.2) is 4.79 Å². The lowest BCUT2D eigenvalue weighted by atomic mass is 9.99. The molecule has 0 aliphatic carbocycles. The minimum atomic E-state index is -1.13. The Balaban J connectivity index is 2.77. The number of phenols is 1. The fourth-order valence-corrected chi connectivity index (χ4v) is 1.74. The molecule has 4 heteroatoms. The lowest BCUT2D eigenvalue weighted by Gasteiger charge is -2.12. The summed E-state index contributed by atoms with van der Waals surface area (Å²) in [4.78, 5) is 10.9. The Bertz CT molecular complexity index is 390. The van der Waals surface area contributed by atoms with Gasteiger partial charge in [0.15, 0.2) is 0 Å². The second kappa shape index (κ2) is 6.25. The van der Waals surface area contributed by atoms with Crippen LogP contribution in [0.25, 0.3) is 0 Å². The zero-order valence-electron chi connectivity index (χ0n) is 10.0. The van der Waals surface area contributed by atoms with E-state index < -0.39 is 5.97 Å². The molecular weight excluding hydrogens is 218 g/mol. The summed E-state index contributed by atoms with van der Waals surface area (Å²) in [5.74, 6) is -1.35. The lowest BCUT2D eigenvalue weighted by molar-refractivity contribution is 0.0693. The quantitative estimate of drug-likeness (QED) is 0.664. The Hall–Kier alpha value is -1.55. The van der Waals surface area contributed by atoms with Gasteiger partial charge in [0.1, 0.15) is 11.3 Å². The summed E-state index contributed by atoms with van der Waals surface area (Å²) >= 11 is 0. The first-order valence-electron chi connectivity index (χ1n) is 5.88. The molecule has 0 saturated carbocycles. The molecule has 1 aromatic rings. The second-order valence-electron chi connectivity index (χ2n) is 4.18. The summed E-state index contributed by atoms with van der Waals surface area (Å²) < 4.78 is 0. The molecule has 0 aliphatic rings. The number of rotatable bonds is 6. The SMILES string of the molecule is CCCCC[C@@H](N)c1ccc(O)c(C(=O)O)c1. The molecule has 0 spiro atoms. The number of hydrogen-bond acceptors (Lipinski definition) is 3. The number of unbranched alkanes of at least 4 members (excludes halogenated alkanes) is 2. The maximum absolute atomic E-state index is 10.9. The van der Waals surface area contributed by atoms with Crippen molar-refractivity contribution in [2.24, 2.45) is 5.73 Å². The highest BCUT2D eigenvalue weighted by atomic mass is 16.4. The van der Waals surface area contributed by atoms with Crippen LogP contribution in [0.5, 0.6) is 5.75 Å². The molecule has 0 fully saturated rings. The van der Waals surface area contributed by atoms with Crippen LogP contribution in [0.2, 0.25) is 0 Å². The van der Waals surface area contributed by atoms with Gasteiger partial charge in [-0.05, 0) is 24.1 Å². The van der Waals surface area contributed by atoms with Crippen LogP contribution < -0.4 is 5.73 Å². The molecule has 0 heterocycles. The highest BCUT2D eigenvalue weighted by Gasteiger charge is 2.13. The molecule has 0 amide bonds. The molecule has 0 aromatic heterocycles. The summed E-state index contributed by atoms with van der Waals surface area (Å²) in [6.45, 7) is 2.12. The summed E-state index contributed by atoms with van der Waals surface area (Å²) in [5, 5.41) is 18.3. The number of aromatic carboxylic acids is 1. The van der Waals surface area contributed by atoms with Crippen LogP contribution in [0.15, 0.2) is 18.2 Å². The number of hydrogen-bond donors (Lipinski definition) is 3. The summed E-state index contributed by atoms with van der Waals surface area (Å²) in [6, 6.07) is 4.35. The molecule has 4 nitrogen and oxygen atoms in total. The highest BCUT2D eigenvalue weighted by Crippen LogP contribution is 2.24. The van der Waals surface area contributed by atoms with Crippen molar-refractivity contribution >= 4 is 5.97 Å². The molecule has 17 heavy (non-hydrogen) atoms. The third-order valence-electron chi connectivity index (χ3n) is 2.80. The summed E-state index contributed by atoms with van der Waals surface area (Å²) in [5.41, 5.74) is 6.65. The average Bonchev–Trinajstić information content (AvgIpc) is 2.29. The van der Waals surface area contributed by atoms with Gasteiger partial charge in [0.25, 0.3) is 0 Å². The Morgan fingerprint density at radius 2 is 2.12 bits per heavy atom. The molecule has 1 atom stereocenters. The van der Waals surface area contributed by atoms with Crippen molar-refractivity contribution in [2.75, 3.05) is 0 Å². The first-order chi connectivity index (χ1) is 8.06. The van der Waals surface area contributed by atoms with E-state index in [4.69, 9.17) is 10.8 Å². The van der Waals surface area contributed by atoms with Gasteiger partial charge >= 0.3 is 5.97 Å². The molecule has 0 radical (unpaired) electrons. The third kappa shape index (κ3) is 3.75. The van der Waals surface area contributed by atoms with Crippen LogP contribution in [-0.2, 0) is 0 Å². The first-order valence-corrected chi connectivity index (χ1v) is 5.88. The van der Waals surface area contributed by atoms with E-state index in [1.807, 2.05) is 0 Å². The summed E-state index contributed by atoms with van der Waals surface area (Å²) in [7, 11) is 0. The largest absolute Gasteiger partial charge is 0.507 e. The zero-order valence-corrected chi connectivity index (χ0v) is 10.0. The molecule has 1 aromatic carbocycles. The van der Waals surface area contributed by atoms with Gasteiger partial charge in [0.2, 0.25) is 0 Å². The monoisotopic (exact) mass is 237 g/mol. The van der Waals surface area contributed by atoms with Gasteiger partial charge in [-0.15, -0.1) is 0 Å². The van der Waals surface area contributed by atoms with E-state index in [1.54, 1.807) is 6.07 Å². The van der Waals surface area contributed by atoms with E-state index in [2.05, 4.69) is 6.92 Å². The Labute approximate surface area is 101 Å². The number of nitrogens with two attached hydrogens (primary N) is 1. The van der Waals surface area contributed by atoms with Crippen LogP contribution in [0.3, 0.4) is 0 Å². The lowest BCUT2D eigenvalue weighted by Crippen LogP contribution is -2.11. The van der Waals surface area contributed by atoms with Crippen molar-refractivity contribution in [2.45, 2.75) is 38.6 Å². The van der Waals surface area contributed by atoms with Crippen LogP contribution in [0.4, 0.5) is 0 Å².